The number of amides is 2. The van der Waals surface area contributed by atoms with Gasteiger partial charge < -0.3 is 11.1 Å². The minimum atomic E-state index is -0.280. The van der Waals surface area contributed by atoms with E-state index >= 15 is 0 Å². The molecule has 2 amide bonds. The summed E-state index contributed by atoms with van der Waals surface area (Å²) < 4.78 is 13.2. The first-order chi connectivity index (χ1) is 17.4. The van der Waals surface area contributed by atoms with Gasteiger partial charge >= 0.3 is 0 Å². The van der Waals surface area contributed by atoms with Gasteiger partial charge in [-0.1, -0.05) is 30.3 Å². The van der Waals surface area contributed by atoms with Crippen molar-refractivity contribution in [3.8, 4) is 11.1 Å². The summed E-state index contributed by atoms with van der Waals surface area (Å²) in [5.41, 5.74) is 10.3. The van der Waals surface area contributed by atoms with Gasteiger partial charge in [-0.15, -0.1) is 0 Å². The molecule has 0 unspecified atom stereocenters. The first kappa shape index (κ1) is 23.6. The van der Waals surface area contributed by atoms with Crippen LogP contribution < -0.4 is 11.1 Å². The maximum atomic E-state index is 13.2. The molecule has 0 radical (unpaired) electrons. The Hall–Kier alpha value is -4.10. The van der Waals surface area contributed by atoms with Gasteiger partial charge in [0.15, 0.2) is 0 Å². The summed E-state index contributed by atoms with van der Waals surface area (Å²) in [6.07, 6.45) is 3.46. The number of nitrogens with two attached hydrogens (primary N) is 1. The molecule has 7 heteroatoms. The molecule has 0 saturated carbocycles. The molecule has 1 aliphatic rings. The SMILES string of the molecule is NC(=O)C1CCN(Cc2cnc3cc(NC(=O)c4ccc(-c5ccc(F)cc5)cc4)ccc3c2)CC1. The van der Waals surface area contributed by atoms with Crippen molar-refractivity contribution >= 4 is 28.4 Å². The molecule has 3 N–H and O–H groups in total. The quantitative estimate of drug-likeness (QED) is 0.405. The van der Waals surface area contributed by atoms with Gasteiger partial charge in [-0.3, -0.25) is 19.5 Å². The van der Waals surface area contributed by atoms with E-state index in [0.29, 0.717) is 11.3 Å². The molecule has 0 aliphatic carbocycles. The largest absolute Gasteiger partial charge is 0.369 e. The van der Waals surface area contributed by atoms with Crippen molar-refractivity contribution in [2.45, 2.75) is 19.4 Å². The molecular weight excluding hydrogens is 455 g/mol. The van der Waals surface area contributed by atoms with E-state index in [1.54, 1.807) is 24.3 Å². The molecule has 6 nitrogen and oxygen atoms in total. The first-order valence-electron chi connectivity index (χ1n) is 12.0. The van der Waals surface area contributed by atoms with Crippen LogP contribution >= 0.6 is 0 Å². The first-order valence-corrected chi connectivity index (χ1v) is 12.0. The molecule has 1 saturated heterocycles. The Morgan fingerprint density at radius 1 is 0.944 bits per heavy atom. The summed E-state index contributed by atoms with van der Waals surface area (Å²) in [7, 11) is 0. The topological polar surface area (TPSA) is 88.3 Å². The van der Waals surface area contributed by atoms with Crippen LogP contribution in [0.1, 0.15) is 28.8 Å². The monoisotopic (exact) mass is 482 g/mol. The van der Waals surface area contributed by atoms with Gasteiger partial charge in [0.1, 0.15) is 5.82 Å². The summed E-state index contributed by atoms with van der Waals surface area (Å²) in [4.78, 5) is 31.1. The molecule has 1 fully saturated rings. The minimum absolute atomic E-state index is 0.0163. The van der Waals surface area contributed by atoms with Gasteiger partial charge in [-0.25, -0.2) is 4.39 Å². The van der Waals surface area contributed by atoms with Crippen molar-refractivity contribution < 1.29 is 14.0 Å². The number of primary amides is 1. The average Bonchev–Trinajstić information content (AvgIpc) is 2.89. The van der Waals surface area contributed by atoms with Crippen LogP contribution in [0.15, 0.2) is 79.0 Å². The number of pyridine rings is 1. The maximum absolute atomic E-state index is 13.2. The molecule has 1 aliphatic heterocycles. The van der Waals surface area contributed by atoms with Crippen molar-refractivity contribution in [3.05, 3.63) is 95.9 Å². The number of rotatable bonds is 6. The van der Waals surface area contributed by atoms with Crippen molar-refractivity contribution in [2.75, 3.05) is 18.4 Å². The van der Waals surface area contributed by atoms with Gasteiger partial charge in [0.2, 0.25) is 5.91 Å². The second-order valence-electron chi connectivity index (χ2n) is 9.24. The lowest BCUT2D eigenvalue weighted by atomic mass is 9.96. The van der Waals surface area contributed by atoms with Gasteiger partial charge in [-0.05, 0) is 85.1 Å². The second kappa shape index (κ2) is 10.3. The summed E-state index contributed by atoms with van der Waals surface area (Å²) in [5.74, 6) is -0.710. The number of hydrogen-bond donors (Lipinski definition) is 2. The van der Waals surface area contributed by atoms with Crippen molar-refractivity contribution in [1.29, 1.82) is 0 Å². The number of anilines is 1. The number of benzene rings is 3. The number of fused-ring (bicyclic) bond motifs is 1. The fourth-order valence-electron chi connectivity index (χ4n) is 4.62. The lowest BCUT2D eigenvalue weighted by molar-refractivity contribution is -0.123. The Labute approximate surface area is 208 Å². The third kappa shape index (κ3) is 5.42. The number of halogens is 1. The molecule has 0 atom stereocenters. The van der Waals surface area contributed by atoms with E-state index in [9.17, 15) is 14.0 Å². The molecule has 5 rings (SSSR count). The highest BCUT2D eigenvalue weighted by atomic mass is 19.1. The maximum Gasteiger partial charge on any atom is 0.255 e. The summed E-state index contributed by atoms with van der Waals surface area (Å²) >= 11 is 0. The zero-order chi connectivity index (χ0) is 25.1. The van der Waals surface area contributed by atoms with E-state index in [1.165, 1.54) is 12.1 Å². The average molecular weight is 483 g/mol. The number of piperidine rings is 1. The van der Waals surface area contributed by atoms with Gasteiger partial charge in [0.25, 0.3) is 5.91 Å². The highest BCUT2D eigenvalue weighted by Gasteiger charge is 2.23. The molecular formula is C29H27FN4O2. The number of likely N-dealkylation sites (tertiary alicyclic amines) is 1. The second-order valence-corrected chi connectivity index (χ2v) is 9.24. The fourth-order valence-corrected chi connectivity index (χ4v) is 4.62. The Morgan fingerprint density at radius 3 is 2.28 bits per heavy atom. The summed E-state index contributed by atoms with van der Waals surface area (Å²) in [6.45, 7) is 2.48. The normalized spacial score (nSPS) is 14.6. The van der Waals surface area contributed by atoms with Crippen LogP contribution in [0.2, 0.25) is 0 Å². The van der Waals surface area contributed by atoms with Crippen molar-refractivity contribution in [2.24, 2.45) is 11.7 Å². The Bertz CT molecular complexity index is 1400. The van der Waals surface area contributed by atoms with Crippen LogP contribution in [-0.4, -0.2) is 34.8 Å². The Balaban J connectivity index is 1.22. The zero-order valence-corrected chi connectivity index (χ0v) is 19.8. The number of nitrogens with one attached hydrogen (secondary N) is 1. The lowest BCUT2D eigenvalue weighted by Crippen LogP contribution is -2.38. The van der Waals surface area contributed by atoms with E-state index in [2.05, 4.69) is 21.3 Å². The van der Waals surface area contributed by atoms with Crippen LogP contribution in [-0.2, 0) is 11.3 Å². The third-order valence-electron chi connectivity index (χ3n) is 6.72. The summed E-state index contributed by atoms with van der Waals surface area (Å²) in [5, 5.41) is 3.94. The fraction of sp³-hybridized carbons (Fsp3) is 0.207. The Kier molecular flexibility index (Phi) is 6.73. The molecule has 0 bridgehead atoms. The third-order valence-corrected chi connectivity index (χ3v) is 6.72. The lowest BCUT2D eigenvalue weighted by Gasteiger charge is -2.30. The zero-order valence-electron chi connectivity index (χ0n) is 19.8. The highest BCUT2D eigenvalue weighted by Crippen LogP contribution is 2.23. The highest BCUT2D eigenvalue weighted by molar-refractivity contribution is 6.05. The van der Waals surface area contributed by atoms with Crippen molar-refractivity contribution in [3.63, 3.8) is 0 Å². The number of carbonyl (C=O) groups is 2. The molecule has 1 aromatic heterocycles. The minimum Gasteiger partial charge on any atom is -0.369 e. The van der Waals surface area contributed by atoms with Crippen LogP contribution in [0.5, 0.6) is 0 Å². The number of aromatic nitrogens is 1. The van der Waals surface area contributed by atoms with Crippen LogP contribution in [0.4, 0.5) is 10.1 Å². The molecule has 4 aromatic rings. The van der Waals surface area contributed by atoms with Gasteiger partial charge in [0, 0.05) is 35.3 Å². The number of carbonyl (C=O) groups excluding carboxylic acids is 2. The van der Waals surface area contributed by atoms with Crippen LogP contribution in [0.25, 0.3) is 22.0 Å². The molecule has 3 aromatic carbocycles. The Morgan fingerprint density at radius 2 is 1.61 bits per heavy atom. The van der Waals surface area contributed by atoms with E-state index < -0.39 is 0 Å². The van der Waals surface area contributed by atoms with E-state index in [1.807, 2.05) is 36.5 Å². The molecule has 182 valence electrons. The molecule has 0 spiro atoms. The van der Waals surface area contributed by atoms with Crippen molar-refractivity contribution in [1.82, 2.24) is 9.88 Å². The van der Waals surface area contributed by atoms with Crippen LogP contribution in [0.3, 0.4) is 0 Å². The van der Waals surface area contributed by atoms with E-state index in [4.69, 9.17) is 5.73 Å². The molecule has 36 heavy (non-hydrogen) atoms. The number of nitrogens with zero attached hydrogens (tertiary/aromatic N) is 2. The summed E-state index contributed by atoms with van der Waals surface area (Å²) in [6, 6.07) is 21.3. The standard InChI is InChI=1S/C29H27FN4O2/c30-25-8-5-21(6-9-25)20-1-3-23(4-2-20)29(36)33-26-10-7-24-15-19(17-32-27(24)16-26)18-34-13-11-22(12-14-34)28(31)35/h1-10,15-17,22H,11-14,18H2,(H2,31,35)(H,33,36). The van der Waals surface area contributed by atoms with E-state index in [-0.39, 0.29) is 23.5 Å². The predicted octanol–water partition coefficient (Wildman–Crippen LogP) is 4.99. The van der Waals surface area contributed by atoms with Gasteiger partial charge in [-0.2, -0.15) is 0 Å². The van der Waals surface area contributed by atoms with Gasteiger partial charge in [0.05, 0.1) is 5.52 Å². The van der Waals surface area contributed by atoms with Crippen LogP contribution in [0, 0.1) is 11.7 Å². The predicted molar refractivity (Wildman–Crippen MR) is 139 cm³/mol. The smallest absolute Gasteiger partial charge is 0.255 e. The molecule has 2 heterocycles. The van der Waals surface area contributed by atoms with E-state index in [0.717, 1.165) is 60.1 Å². The number of hydrogen-bond acceptors (Lipinski definition) is 4.